The first-order valence-electron chi connectivity index (χ1n) is 5.66. The monoisotopic (exact) mass is 293 g/mol. The molecule has 20 heavy (non-hydrogen) atoms. The van der Waals surface area contributed by atoms with Gasteiger partial charge in [0.2, 0.25) is 5.91 Å². The van der Waals surface area contributed by atoms with Crippen LogP contribution in [-0.2, 0) is 4.79 Å². The summed E-state index contributed by atoms with van der Waals surface area (Å²) in [5.41, 5.74) is -0.204. The van der Waals surface area contributed by atoms with Crippen LogP contribution < -0.4 is 10.1 Å². The summed E-state index contributed by atoms with van der Waals surface area (Å²) in [5.74, 6) is -1.83. The first kappa shape index (κ1) is 16.3. The minimum Gasteiger partial charge on any atom is -0.434 e. The summed E-state index contributed by atoms with van der Waals surface area (Å²) in [6.45, 7) is -2.28. The van der Waals surface area contributed by atoms with Gasteiger partial charge in [-0.2, -0.15) is 8.78 Å². The highest BCUT2D eigenvalue weighted by molar-refractivity contribution is 5.72. The molecule has 0 aromatic heterocycles. The van der Waals surface area contributed by atoms with E-state index in [0.29, 0.717) is 6.07 Å². The number of halogens is 3. The van der Waals surface area contributed by atoms with Crippen LogP contribution in [0.1, 0.15) is 18.6 Å². The van der Waals surface area contributed by atoms with E-state index >= 15 is 0 Å². The molecule has 0 fully saturated rings. The van der Waals surface area contributed by atoms with Gasteiger partial charge in [0.15, 0.2) is 0 Å². The number of hydrogen-bond donors (Lipinski definition) is 3. The normalized spacial score (nSPS) is 13.9. The predicted octanol–water partition coefficient (Wildman–Crippen LogP) is 0.957. The molecule has 1 aromatic carbocycles. The molecule has 0 radical (unpaired) electrons. The van der Waals surface area contributed by atoms with Gasteiger partial charge in [0, 0.05) is 25.1 Å². The van der Waals surface area contributed by atoms with Crippen LogP contribution in [0.4, 0.5) is 13.2 Å². The molecule has 1 amide bonds. The van der Waals surface area contributed by atoms with Gasteiger partial charge in [0.25, 0.3) is 0 Å². The van der Waals surface area contributed by atoms with Crippen LogP contribution in [0.15, 0.2) is 18.2 Å². The SMILES string of the molecule is CC(=O)NCC(O)C(O)c1ccc(F)cc1OC(F)F. The molecule has 0 heterocycles. The maximum atomic E-state index is 13.0. The minimum atomic E-state index is -3.20. The van der Waals surface area contributed by atoms with Crippen molar-refractivity contribution in [2.24, 2.45) is 0 Å². The number of benzene rings is 1. The van der Waals surface area contributed by atoms with Gasteiger partial charge in [-0.3, -0.25) is 4.79 Å². The summed E-state index contributed by atoms with van der Waals surface area (Å²) in [6.07, 6.45) is -3.07. The second-order valence-electron chi connectivity index (χ2n) is 4.01. The molecule has 0 aliphatic rings. The number of amides is 1. The van der Waals surface area contributed by atoms with Crippen molar-refractivity contribution in [3.8, 4) is 5.75 Å². The highest BCUT2D eigenvalue weighted by atomic mass is 19.3. The fourth-order valence-corrected chi connectivity index (χ4v) is 1.52. The lowest BCUT2D eigenvalue weighted by molar-refractivity contribution is -0.119. The zero-order chi connectivity index (χ0) is 15.3. The van der Waals surface area contributed by atoms with E-state index in [1.807, 2.05) is 0 Å². The summed E-state index contributed by atoms with van der Waals surface area (Å²) in [6, 6.07) is 2.63. The average Bonchev–Trinajstić information content (AvgIpc) is 2.34. The van der Waals surface area contributed by atoms with Gasteiger partial charge in [-0.05, 0) is 12.1 Å². The standard InChI is InChI=1S/C12H14F3NO4/c1-6(17)16-5-9(18)11(19)8-3-2-7(13)4-10(8)20-12(14)15/h2-4,9,11-12,18-19H,5H2,1H3,(H,16,17). The molecular formula is C12H14F3NO4. The number of aliphatic hydroxyl groups excluding tert-OH is 2. The fraction of sp³-hybridized carbons (Fsp3) is 0.417. The maximum Gasteiger partial charge on any atom is 0.387 e. The van der Waals surface area contributed by atoms with Crippen LogP contribution in [0.3, 0.4) is 0 Å². The predicted molar refractivity (Wildman–Crippen MR) is 62.7 cm³/mol. The van der Waals surface area contributed by atoms with Gasteiger partial charge in [-0.15, -0.1) is 0 Å². The smallest absolute Gasteiger partial charge is 0.387 e. The molecule has 0 bridgehead atoms. The number of carbonyl (C=O) groups is 1. The first-order valence-corrected chi connectivity index (χ1v) is 5.66. The van der Waals surface area contributed by atoms with E-state index in [-0.39, 0.29) is 12.1 Å². The van der Waals surface area contributed by atoms with Crippen molar-refractivity contribution in [3.05, 3.63) is 29.6 Å². The molecule has 1 rings (SSSR count). The van der Waals surface area contributed by atoms with E-state index in [4.69, 9.17) is 0 Å². The van der Waals surface area contributed by atoms with E-state index in [9.17, 15) is 28.2 Å². The van der Waals surface area contributed by atoms with Crippen molar-refractivity contribution >= 4 is 5.91 Å². The number of ether oxygens (including phenoxy) is 1. The van der Waals surface area contributed by atoms with Crippen molar-refractivity contribution in [1.82, 2.24) is 5.32 Å². The van der Waals surface area contributed by atoms with Gasteiger partial charge in [-0.1, -0.05) is 0 Å². The maximum absolute atomic E-state index is 13.0. The highest BCUT2D eigenvalue weighted by Crippen LogP contribution is 2.29. The molecule has 1 aromatic rings. The van der Waals surface area contributed by atoms with Gasteiger partial charge in [0.1, 0.15) is 23.8 Å². The van der Waals surface area contributed by atoms with Crippen LogP contribution in [-0.4, -0.2) is 35.4 Å². The topological polar surface area (TPSA) is 78.8 Å². The molecule has 3 N–H and O–H groups in total. The van der Waals surface area contributed by atoms with Crippen LogP contribution in [0, 0.1) is 5.82 Å². The Labute approximate surface area is 113 Å². The quantitative estimate of drug-likeness (QED) is 0.730. The molecule has 0 aliphatic heterocycles. The van der Waals surface area contributed by atoms with Crippen LogP contribution in [0.5, 0.6) is 5.75 Å². The largest absolute Gasteiger partial charge is 0.434 e. The van der Waals surface area contributed by atoms with E-state index in [2.05, 4.69) is 10.1 Å². The Bertz CT molecular complexity index is 470. The van der Waals surface area contributed by atoms with Crippen molar-refractivity contribution in [1.29, 1.82) is 0 Å². The molecule has 5 nitrogen and oxygen atoms in total. The van der Waals surface area contributed by atoms with Crippen LogP contribution >= 0.6 is 0 Å². The molecular weight excluding hydrogens is 279 g/mol. The van der Waals surface area contributed by atoms with E-state index in [1.54, 1.807) is 0 Å². The van der Waals surface area contributed by atoms with Crippen LogP contribution in [0.2, 0.25) is 0 Å². The molecule has 0 saturated heterocycles. The van der Waals surface area contributed by atoms with Gasteiger partial charge in [-0.25, -0.2) is 4.39 Å². The second-order valence-corrected chi connectivity index (χ2v) is 4.01. The summed E-state index contributed by atoms with van der Waals surface area (Å²) >= 11 is 0. The van der Waals surface area contributed by atoms with Crippen molar-refractivity contribution in [2.75, 3.05) is 6.54 Å². The van der Waals surface area contributed by atoms with Gasteiger partial charge >= 0.3 is 6.61 Å². The van der Waals surface area contributed by atoms with E-state index < -0.39 is 36.3 Å². The van der Waals surface area contributed by atoms with E-state index in [0.717, 1.165) is 12.1 Å². The number of aliphatic hydroxyl groups is 2. The third kappa shape index (κ3) is 4.71. The number of alkyl halides is 2. The number of hydrogen-bond acceptors (Lipinski definition) is 4. The van der Waals surface area contributed by atoms with E-state index in [1.165, 1.54) is 6.92 Å². The van der Waals surface area contributed by atoms with Gasteiger partial charge < -0.3 is 20.3 Å². The molecule has 2 unspecified atom stereocenters. The molecule has 2 atom stereocenters. The summed E-state index contributed by atoms with van der Waals surface area (Å²) < 4.78 is 41.5. The average molecular weight is 293 g/mol. The Morgan fingerprint density at radius 1 is 1.40 bits per heavy atom. The van der Waals surface area contributed by atoms with Crippen molar-refractivity contribution in [2.45, 2.75) is 25.7 Å². The number of rotatable bonds is 6. The number of carbonyl (C=O) groups excluding carboxylic acids is 1. The zero-order valence-corrected chi connectivity index (χ0v) is 10.5. The molecule has 112 valence electrons. The second kappa shape index (κ2) is 7.11. The van der Waals surface area contributed by atoms with Crippen molar-refractivity contribution < 1.29 is 32.9 Å². The summed E-state index contributed by atoms with van der Waals surface area (Å²) in [4.78, 5) is 10.7. The molecule has 0 saturated carbocycles. The lowest BCUT2D eigenvalue weighted by Crippen LogP contribution is -2.34. The van der Waals surface area contributed by atoms with Crippen LogP contribution in [0.25, 0.3) is 0 Å². The van der Waals surface area contributed by atoms with Gasteiger partial charge in [0.05, 0.1) is 0 Å². The molecule has 0 aliphatic carbocycles. The Morgan fingerprint density at radius 3 is 2.60 bits per heavy atom. The fourth-order valence-electron chi connectivity index (χ4n) is 1.52. The molecule has 0 spiro atoms. The Kier molecular flexibility index (Phi) is 5.78. The zero-order valence-electron chi connectivity index (χ0n) is 10.5. The Balaban J connectivity index is 2.90. The highest BCUT2D eigenvalue weighted by Gasteiger charge is 2.23. The third-order valence-electron chi connectivity index (χ3n) is 2.43. The van der Waals surface area contributed by atoms with Crippen molar-refractivity contribution in [3.63, 3.8) is 0 Å². The summed E-state index contributed by atoms with van der Waals surface area (Å²) in [7, 11) is 0. The summed E-state index contributed by atoms with van der Waals surface area (Å²) in [5, 5.41) is 21.7. The Hall–Kier alpha value is -1.80. The Morgan fingerprint density at radius 2 is 2.05 bits per heavy atom. The lowest BCUT2D eigenvalue weighted by Gasteiger charge is -2.20. The first-order chi connectivity index (χ1) is 9.31. The molecule has 8 heteroatoms. The minimum absolute atomic E-state index is 0.204. The number of nitrogens with one attached hydrogen (secondary N) is 1. The lowest BCUT2D eigenvalue weighted by atomic mass is 10.0. The third-order valence-corrected chi connectivity index (χ3v) is 2.43.